The molecule has 4 nitrogen and oxygen atoms in total. The average molecular weight is 249 g/mol. The number of hydrogen-bond acceptors (Lipinski definition) is 3. The van der Waals surface area contributed by atoms with Gasteiger partial charge in [-0.25, -0.2) is 4.39 Å². The minimum Gasteiger partial charge on any atom is -0.491 e. The zero-order valence-electron chi connectivity index (χ0n) is 10.3. The SMILES string of the molecule is CCOc1cnn(Cc2cccc(CN)c2F)c1. The van der Waals surface area contributed by atoms with Gasteiger partial charge in [0.15, 0.2) is 5.75 Å². The molecule has 1 heterocycles. The van der Waals surface area contributed by atoms with Crippen LogP contribution in [0.5, 0.6) is 5.75 Å². The molecule has 0 aliphatic rings. The zero-order valence-corrected chi connectivity index (χ0v) is 10.3. The van der Waals surface area contributed by atoms with Gasteiger partial charge in [0.1, 0.15) is 5.82 Å². The second-order valence-electron chi connectivity index (χ2n) is 3.90. The number of benzene rings is 1. The van der Waals surface area contributed by atoms with Gasteiger partial charge in [-0.3, -0.25) is 4.68 Å². The van der Waals surface area contributed by atoms with Crippen LogP contribution in [0.25, 0.3) is 0 Å². The third-order valence-corrected chi connectivity index (χ3v) is 2.63. The Labute approximate surface area is 105 Å². The average Bonchev–Trinajstić information content (AvgIpc) is 2.80. The largest absolute Gasteiger partial charge is 0.491 e. The summed E-state index contributed by atoms with van der Waals surface area (Å²) < 4.78 is 20.9. The lowest BCUT2D eigenvalue weighted by molar-refractivity contribution is 0.340. The molecule has 0 radical (unpaired) electrons. The standard InChI is InChI=1S/C13H16FN3O/c1-2-18-12-7-16-17(9-12)8-11-5-3-4-10(6-15)13(11)14/h3-5,7,9H,2,6,8,15H2,1H3. The van der Waals surface area contributed by atoms with E-state index in [-0.39, 0.29) is 12.4 Å². The Morgan fingerprint density at radius 3 is 2.89 bits per heavy atom. The van der Waals surface area contributed by atoms with E-state index in [9.17, 15) is 4.39 Å². The van der Waals surface area contributed by atoms with Crippen molar-refractivity contribution in [1.29, 1.82) is 0 Å². The monoisotopic (exact) mass is 249 g/mol. The molecule has 0 unspecified atom stereocenters. The Morgan fingerprint density at radius 1 is 1.39 bits per heavy atom. The number of rotatable bonds is 5. The molecule has 1 aromatic heterocycles. The molecule has 2 aromatic rings. The first kappa shape index (κ1) is 12.6. The summed E-state index contributed by atoms with van der Waals surface area (Å²) >= 11 is 0. The second kappa shape index (κ2) is 5.64. The first-order valence-corrected chi connectivity index (χ1v) is 5.86. The number of hydrogen-bond donors (Lipinski definition) is 1. The van der Waals surface area contributed by atoms with E-state index in [4.69, 9.17) is 10.5 Å². The summed E-state index contributed by atoms with van der Waals surface area (Å²) in [7, 11) is 0. The zero-order chi connectivity index (χ0) is 13.0. The summed E-state index contributed by atoms with van der Waals surface area (Å²) in [5.41, 5.74) is 6.57. The van der Waals surface area contributed by atoms with Gasteiger partial charge in [-0.1, -0.05) is 18.2 Å². The third kappa shape index (κ3) is 2.68. The minimum atomic E-state index is -0.256. The van der Waals surface area contributed by atoms with E-state index in [0.717, 1.165) is 0 Å². The number of halogens is 1. The van der Waals surface area contributed by atoms with Gasteiger partial charge in [-0.2, -0.15) is 5.10 Å². The Balaban J connectivity index is 2.17. The van der Waals surface area contributed by atoms with E-state index in [1.165, 1.54) is 0 Å². The molecule has 5 heteroatoms. The Morgan fingerprint density at radius 2 is 2.17 bits per heavy atom. The Hall–Kier alpha value is -1.88. The predicted octanol–water partition coefficient (Wildman–Crippen LogP) is 1.93. The van der Waals surface area contributed by atoms with E-state index in [1.807, 2.05) is 6.92 Å². The fourth-order valence-electron chi connectivity index (χ4n) is 1.76. The highest BCUT2D eigenvalue weighted by atomic mass is 19.1. The maximum Gasteiger partial charge on any atom is 0.157 e. The summed E-state index contributed by atoms with van der Waals surface area (Å²) in [4.78, 5) is 0. The van der Waals surface area contributed by atoms with E-state index in [1.54, 1.807) is 35.3 Å². The van der Waals surface area contributed by atoms with Crippen LogP contribution in [0.2, 0.25) is 0 Å². The summed E-state index contributed by atoms with van der Waals surface area (Å²) in [6.07, 6.45) is 3.37. The highest BCUT2D eigenvalue weighted by Gasteiger charge is 2.08. The molecule has 0 spiro atoms. The normalized spacial score (nSPS) is 10.6. The van der Waals surface area contributed by atoms with Gasteiger partial charge in [0.05, 0.1) is 25.5 Å². The molecule has 2 N–H and O–H groups in total. The van der Waals surface area contributed by atoms with Gasteiger partial charge >= 0.3 is 0 Å². The van der Waals surface area contributed by atoms with Crippen LogP contribution < -0.4 is 10.5 Å². The van der Waals surface area contributed by atoms with E-state index in [2.05, 4.69) is 5.10 Å². The molecule has 1 aromatic carbocycles. The molecule has 0 bridgehead atoms. The fraction of sp³-hybridized carbons (Fsp3) is 0.308. The maximum absolute atomic E-state index is 14.0. The Kier molecular flexibility index (Phi) is 3.94. The van der Waals surface area contributed by atoms with Crippen molar-refractivity contribution in [3.8, 4) is 5.75 Å². The van der Waals surface area contributed by atoms with E-state index >= 15 is 0 Å². The van der Waals surface area contributed by atoms with Gasteiger partial charge in [0, 0.05) is 17.7 Å². The smallest absolute Gasteiger partial charge is 0.157 e. The van der Waals surface area contributed by atoms with Gasteiger partial charge in [-0.15, -0.1) is 0 Å². The van der Waals surface area contributed by atoms with Crippen molar-refractivity contribution >= 4 is 0 Å². The molecular formula is C13H16FN3O. The number of aromatic nitrogens is 2. The summed E-state index contributed by atoms with van der Waals surface area (Å²) in [6, 6.07) is 5.22. The molecule has 0 atom stereocenters. The summed E-state index contributed by atoms with van der Waals surface area (Å²) in [5, 5.41) is 4.12. The predicted molar refractivity (Wildman–Crippen MR) is 66.8 cm³/mol. The highest BCUT2D eigenvalue weighted by molar-refractivity contribution is 5.26. The van der Waals surface area contributed by atoms with Crippen LogP contribution >= 0.6 is 0 Å². The number of nitrogens with two attached hydrogens (primary N) is 1. The van der Waals surface area contributed by atoms with Crippen molar-refractivity contribution < 1.29 is 9.13 Å². The molecule has 18 heavy (non-hydrogen) atoms. The van der Waals surface area contributed by atoms with Gasteiger partial charge in [0.25, 0.3) is 0 Å². The van der Waals surface area contributed by atoms with Crippen LogP contribution in [-0.4, -0.2) is 16.4 Å². The van der Waals surface area contributed by atoms with Crippen molar-refractivity contribution in [3.63, 3.8) is 0 Å². The van der Waals surface area contributed by atoms with E-state index < -0.39 is 0 Å². The van der Waals surface area contributed by atoms with Crippen molar-refractivity contribution in [2.24, 2.45) is 5.73 Å². The lowest BCUT2D eigenvalue weighted by Gasteiger charge is -2.06. The van der Waals surface area contributed by atoms with Gasteiger partial charge in [0.2, 0.25) is 0 Å². The highest BCUT2D eigenvalue weighted by Crippen LogP contribution is 2.15. The second-order valence-corrected chi connectivity index (χ2v) is 3.90. The van der Waals surface area contributed by atoms with Crippen molar-refractivity contribution in [3.05, 3.63) is 47.5 Å². The van der Waals surface area contributed by atoms with Crippen LogP contribution in [0.15, 0.2) is 30.6 Å². The number of ether oxygens (including phenoxy) is 1. The van der Waals surface area contributed by atoms with Crippen LogP contribution in [-0.2, 0) is 13.1 Å². The molecule has 96 valence electrons. The van der Waals surface area contributed by atoms with Crippen LogP contribution in [0.1, 0.15) is 18.1 Å². The number of nitrogens with zero attached hydrogens (tertiary/aromatic N) is 2. The molecule has 0 saturated heterocycles. The summed E-state index contributed by atoms with van der Waals surface area (Å²) in [5.74, 6) is 0.432. The fourth-order valence-corrected chi connectivity index (χ4v) is 1.76. The van der Waals surface area contributed by atoms with Crippen molar-refractivity contribution in [1.82, 2.24) is 9.78 Å². The molecule has 0 saturated carbocycles. The molecular weight excluding hydrogens is 233 g/mol. The lowest BCUT2D eigenvalue weighted by atomic mass is 10.1. The molecule has 0 aliphatic carbocycles. The van der Waals surface area contributed by atoms with Crippen LogP contribution in [0, 0.1) is 5.82 Å². The topological polar surface area (TPSA) is 53.1 Å². The molecule has 0 amide bonds. The van der Waals surface area contributed by atoms with Crippen LogP contribution in [0.3, 0.4) is 0 Å². The summed E-state index contributed by atoms with van der Waals surface area (Å²) in [6.45, 7) is 3.06. The first-order chi connectivity index (χ1) is 8.74. The van der Waals surface area contributed by atoms with E-state index in [0.29, 0.717) is 30.0 Å². The van der Waals surface area contributed by atoms with Crippen molar-refractivity contribution in [2.45, 2.75) is 20.0 Å². The quantitative estimate of drug-likeness (QED) is 0.881. The molecule has 0 fully saturated rings. The third-order valence-electron chi connectivity index (χ3n) is 2.63. The van der Waals surface area contributed by atoms with Gasteiger partial charge < -0.3 is 10.5 Å². The van der Waals surface area contributed by atoms with Crippen molar-refractivity contribution in [2.75, 3.05) is 6.61 Å². The minimum absolute atomic E-state index is 0.197. The molecule has 0 aliphatic heterocycles. The van der Waals surface area contributed by atoms with Gasteiger partial charge in [-0.05, 0) is 6.92 Å². The maximum atomic E-state index is 14.0. The Bertz CT molecular complexity index is 525. The van der Waals surface area contributed by atoms with Crippen LogP contribution in [0.4, 0.5) is 4.39 Å². The lowest BCUT2D eigenvalue weighted by Crippen LogP contribution is -2.06. The first-order valence-electron chi connectivity index (χ1n) is 5.86. The molecule has 2 rings (SSSR count).